The van der Waals surface area contributed by atoms with Gasteiger partial charge in [-0.1, -0.05) is 11.6 Å². The van der Waals surface area contributed by atoms with E-state index in [4.69, 9.17) is 26.6 Å². The highest BCUT2D eigenvalue weighted by Crippen LogP contribution is 2.27. The third-order valence-corrected chi connectivity index (χ3v) is 2.73. The van der Waals surface area contributed by atoms with E-state index in [9.17, 15) is 9.59 Å². The van der Waals surface area contributed by atoms with Crippen molar-refractivity contribution in [2.45, 2.75) is 12.5 Å². The number of ether oxygens (including phenoxy) is 1. The number of hydrogen-bond donors (Lipinski definition) is 4. The monoisotopic (exact) mass is 302 g/mol. The Morgan fingerprint density at radius 2 is 2.15 bits per heavy atom. The minimum absolute atomic E-state index is 0.0773. The molecule has 0 saturated heterocycles. The lowest BCUT2D eigenvalue weighted by Crippen LogP contribution is -2.43. The molecule has 7 nitrogen and oxygen atoms in total. The number of anilines is 1. The minimum atomic E-state index is -1.22. The van der Waals surface area contributed by atoms with Crippen LogP contribution >= 0.6 is 11.6 Å². The van der Waals surface area contributed by atoms with E-state index in [2.05, 4.69) is 10.6 Å². The zero-order valence-corrected chi connectivity index (χ0v) is 11.5. The lowest BCUT2D eigenvalue weighted by atomic mass is 10.2. The van der Waals surface area contributed by atoms with Crippen LogP contribution in [-0.4, -0.2) is 42.0 Å². The molecule has 2 amide bonds. The number of aliphatic hydroxyl groups excluding tert-OH is 1. The Balaban J connectivity index is 2.66. The number of aliphatic carboxylic acids is 1. The Hall–Kier alpha value is -1.99. The fraction of sp³-hybridized carbons (Fsp3) is 0.333. The summed E-state index contributed by atoms with van der Waals surface area (Å²) >= 11 is 5.90. The fourth-order valence-electron chi connectivity index (χ4n) is 1.46. The highest BCUT2D eigenvalue weighted by Gasteiger charge is 2.19. The molecule has 1 atom stereocenters. The summed E-state index contributed by atoms with van der Waals surface area (Å²) in [5.74, 6) is -0.761. The van der Waals surface area contributed by atoms with Crippen molar-refractivity contribution >= 4 is 29.3 Å². The van der Waals surface area contributed by atoms with Gasteiger partial charge in [-0.05, 0) is 18.2 Å². The van der Waals surface area contributed by atoms with Crippen molar-refractivity contribution < 1.29 is 24.5 Å². The van der Waals surface area contributed by atoms with Crippen LogP contribution in [-0.2, 0) is 4.79 Å². The molecule has 4 N–H and O–H groups in total. The summed E-state index contributed by atoms with van der Waals surface area (Å²) in [4.78, 5) is 22.5. The van der Waals surface area contributed by atoms with Crippen molar-refractivity contribution in [1.82, 2.24) is 5.32 Å². The molecule has 1 aromatic carbocycles. The largest absolute Gasteiger partial charge is 0.495 e. The second kappa shape index (κ2) is 7.56. The SMILES string of the molecule is COc1ccc(NC(=O)N[C@@H](CCO)C(=O)O)cc1Cl. The van der Waals surface area contributed by atoms with E-state index in [-0.39, 0.29) is 13.0 Å². The third kappa shape index (κ3) is 4.60. The van der Waals surface area contributed by atoms with Crippen molar-refractivity contribution in [2.75, 3.05) is 19.0 Å². The Labute approximate surface area is 120 Å². The molecule has 0 aromatic heterocycles. The van der Waals surface area contributed by atoms with Crippen LogP contribution in [0.4, 0.5) is 10.5 Å². The maximum atomic E-state index is 11.6. The van der Waals surface area contributed by atoms with E-state index >= 15 is 0 Å². The summed E-state index contributed by atoms with van der Waals surface area (Å²) in [6.07, 6.45) is -0.0773. The number of benzene rings is 1. The van der Waals surface area contributed by atoms with Crippen molar-refractivity contribution in [3.05, 3.63) is 23.2 Å². The van der Waals surface area contributed by atoms with Gasteiger partial charge in [-0.25, -0.2) is 9.59 Å². The Morgan fingerprint density at radius 3 is 2.65 bits per heavy atom. The molecule has 0 bridgehead atoms. The standard InChI is InChI=1S/C12H15ClN2O5/c1-20-10-3-2-7(6-8(10)13)14-12(19)15-9(4-5-16)11(17)18/h2-3,6,9,16H,4-5H2,1H3,(H,17,18)(H2,14,15,19)/t9-/m0/s1. The first-order valence-corrected chi connectivity index (χ1v) is 6.10. The molecule has 0 aliphatic rings. The highest BCUT2D eigenvalue weighted by atomic mass is 35.5. The number of methoxy groups -OCH3 is 1. The zero-order chi connectivity index (χ0) is 15.1. The first kappa shape index (κ1) is 16.1. The predicted octanol–water partition coefficient (Wildman–Crippen LogP) is 1.31. The van der Waals surface area contributed by atoms with Gasteiger partial charge in [0, 0.05) is 18.7 Å². The van der Waals surface area contributed by atoms with Crippen molar-refractivity contribution in [3.8, 4) is 5.75 Å². The summed E-state index contributed by atoms with van der Waals surface area (Å²) < 4.78 is 4.97. The molecule has 0 aliphatic heterocycles. The van der Waals surface area contributed by atoms with Crippen LogP contribution < -0.4 is 15.4 Å². The molecule has 0 unspecified atom stereocenters. The summed E-state index contributed by atoms with van der Waals surface area (Å²) in [7, 11) is 1.47. The van der Waals surface area contributed by atoms with E-state index in [1.165, 1.54) is 13.2 Å². The van der Waals surface area contributed by atoms with Gasteiger partial charge in [0.2, 0.25) is 0 Å². The van der Waals surface area contributed by atoms with Crippen LogP contribution in [0.2, 0.25) is 5.02 Å². The average molecular weight is 303 g/mol. The number of amides is 2. The van der Waals surface area contributed by atoms with E-state index < -0.39 is 18.0 Å². The minimum Gasteiger partial charge on any atom is -0.495 e. The Morgan fingerprint density at radius 1 is 1.45 bits per heavy atom. The molecule has 1 rings (SSSR count). The number of aliphatic hydroxyl groups is 1. The molecule has 0 heterocycles. The van der Waals surface area contributed by atoms with Gasteiger partial charge in [0.05, 0.1) is 12.1 Å². The van der Waals surface area contributed by atoms with Gasteiger partial charge in [0.25, 0.3) is 0 Å². The second-order valence-electron chi connectivity index (χ2n) is 3.85. The number of carboxylic acid groups (broad SMARTS) is 1. The molecule has 110 valence electrons. The van der Waals surface area contributed by atoms with Gasteiger partial charge in [0.1, 0.15) is 11.8 Å². The average Bonchev–Trinajstić information content (AvgIpc) is 2.38. The van der Waals surface area contributed by atoms with Gasteiger partial charge >= 0.3 is 12.0 Å². The van der Waals surface area contributed by atoms with Crippen LogP contribution in [0, 0.1) is 0 Å². The number of rotatable bonds is 6. The summed E-state index contributed by atoms with van der Waals surface area (Å²) in [6.45, 7) is -0.342. The summed E-state index contributed by atoms with van der Waals surface area (Å²) in [5.41, 5.74) is 0.390. The maximum Gasteiger partial charge on any atom is 0.326 e. The van der Waals surface area contributed by atoms with E-state index in [1.807, 2.05) is 0 Å². The molecule has 8 heteroatoms. The number of carbonyl (C=O) groups is 2. The number of carbonyl (C=O) groups excluding carboxylic acids is 1. The molecule has 0 radical (unpaired) electrons. The second-order valence-corrected chi connectivity index (χ2v) is 4.26. The molecule has 0 saturated carbocycles. The molecule has 1 aromatic rings. The molecule has 20 heavy (non-hydrogen) atoms. The van der Waals surface area contributed by atoms with Gasteiger partial charge in [-0.3, -0.25) is 0 Å². The molecular weight excluding hydrogens is 288 g/mol. The quantitative estimate of drug-likeness (QED) is 0.633. The van der Waals surface area contributed by atoms with Crippen molar-refractivity contribution in [3.63, 3.8) is 0 Å². The topological polar surface area (TPSA) is 108 Å². The number of nitrogens with one attached hydrogen (secondary N) is 2. The van der Waals surface area contributed by atoms with E-state index in [0.717, 1.165) is 0 Å². The fourth-order valence-corrected chi connectivity index (χ4v) is 1.71. The van der Waals surface area contributed by atoms with Gasteiger partial charge < -0.3 is 25.6 Å². The number of urea groups is 1. The zero-order valence-electron chi connectivity index (χ0n) is 10.7. The van der Waals surface area contributed by atoms with Gasteiger partial charge in [0.15, 0.2) is 0 Å². The lowest BCUT2D eigenvalue weighted by Gasteiger charge is -2.14. The first-order chi connectivity index (χ1) is 9.47. The van der Waals surface area contributed by atoms with Crippen LogP contribution in [0.3, 0.4) is 0 Å². The Kier molecular flexibility index (Phi) is 6.08. The highest BCUT2D eigenvalue weighted by molar-refractivity contribution is 6.32. The molecule has 0 fully saturated rings. The number of halogens is 1. The number of hydrogen-bond acceptors (Lipinski definition) is 4. The normalized spacial score (nSPS) is 11.6. The number of carboxylic acids is 1. The van der Waals surface area contributed by atoms with Crippen LogP contribution in [0.1, 0.15) is 6.42 Å². The smallest absolute Gasteiger partial charge is 0.326 e. The van der Waals surface area contributed by atoms with E-state index in [1.54, 1.807) is 12.1 Å². The Bertz CT molecular complexity index is 495. The molecule has 0 aliphatic carbocycles. The van der Waals surface area contributed by atoms with E-state index in [0.29, 0.717) is 16.5 Å². The summed E-state index contributed by atoms with van der Waals surface area (Å²) in [5, 5.41) is 22.5. The predicted molar refractivity (Wildman–Crippen MR) is 73.3 cm³/mol. The van der Waals surface area contributed by atoms with Crippen molar-refractivity contribution in [2.24, 2.45) is 0 Å². The first-order valence-electron chi connectivity index (χ1n) is 5.72. The van der Waals surface area contributed by atoms with Gasteiger partial charge in [-0.2, -0.15) is 0 Å². The van der Waals surface area contributed by atoms with Crippen LogP contribution in [0.5, 0.6) is 5.75 Å². The van der Waals surface area contributed by atoms with Crippen LogP contribution in [0.15, 0.2) is 18.2 Å². The third-order valence-electron chi connectivity index (χ3n) is 2.43. The lowest BCUT2D eigenvalue weighted by molar-refractivity contribution is -0.139. The van der Waals surface area contributed by atoms with Crippen LogP contribution in [0.25, 0.3) is 0 Å². The van der Waals surface area contributed by atoms with Crippen molar-refractivity contribution in [1.29, 1.82) is 0 Å². The molecular formula is C12H15ClN2O5. The summed E-state index contributed by atoms with van der Waals surface area (Å²) in [6, 6.07) is 2.75. The maximum absolute atomic E-state index is 11.6. The molecule has 0 spiro atoms. The van der Waals surface area contributed by atoms with Gasteiger partial charge in [-0.15, -0.1) is 0 Å².